The Bertz CT molecular complexity index is 654. The number of carbonyl (C=O) groups excluding carboxylic acids is 1. The van der Waals surface area contributed by atoms with Crippen LogP contribution >= 0.6 is 0 Å². The van der Waals surface area contributed by atoms with Gasteiger partial charge >= 0.3 is 0 Å². The summed E-state index contributed by atoms with van der Waals surface area (Å²) in [6.45, 7) is 8.29. The van der Waals surface area contributed by atoms with E-state index in [2.05, 4.69) is 20.8 Å². The smallest absolute Gasteiger partial charge is 0.193 e. The molecule has 110 valence electrons. The molecule has 0 unspecified atom stereocenters. The lowest BCUT2D eigenvalue weighted by molar-refractivity contribution is 0.103. The molecule has 0 aliphatic heterocycles. The van der Waals surface area contributed by atoms with E-state index in [9.17, 15) is 9.18 Å². The highest BCUT2D eigenvalue weighted by Gasteiger charge is 2.19. The molecule has 2 heteroatoms. The van der Waals surface area contributed by atoms with Crippen molar-refractivity contribution in [2.24, 2.45) is 0 Å². The first-order valence-electron chi connectivity index (χ1n) is 7.26. The highest BCUT2D eigenvalue weighted by molar-refractivity contribution is 6.09. The molecule has 0 aliphatic carbocycles. The lowest BCUT2D eigenvalue weighted by Gasteiger charge is -2.23. The van der Waals surface area contributed by atoms with Crippen LogP contribution in [-0.2, 0) is 5.41 Å². The van der Waals surface area contributed by atoms with Crippen LogP contribution in [0.4, 0.5) is 4.39 Å². The molecule has 0 aromatic heterocycles. The van der Waals surface area contributed by atoms with Crippen molar-refractivity contribution in [3.05, 3.63) is 70.5 Å². The summed E-state index contributed by atoms with van der Waals surface area (Å²) in [7, 11) is 0. The fourth-order valence-electron chi connectivity index (χ4n) is 2.31. The van der Waals surface area contributed by atoms with Crippen LogP contribution in [-0.4, -0.2) is 5.78 Å². The maximum absolute atomic E-state index is 13.1. The minimum atomic E-state index is -0.316. The Morgan fingerprint density at radius 2 is 1.71 bits per heavy atom. The van der Waals surface area contributed by atoms with Crippen LogP contribution in [0, 0.1) is 12.7 Å². The summed E-state index contributed by atoms with van der Waals surface area (Å²) in [6, 6.07) is 12.0. The Morgan fingerprint density at radius 3 is 2.24 bits per heavy atom. The summed E-state index contributed by atoms with van der Waals surface area (Å²) < 4.78 is 13.1. The topological polar surface area (TPSA) is 17.1 Å². The number of ketones is 1. The zero-order valence-corrected chi connectivity index (χ0v) is 13.0. The van der Waals surface area contributed by atoms with Gasteiger partial charge in [-0.2, -0.15) is 0 Å². The van der Waals surface area contributed by atoms with Gasteiger partial charge in [-0.1, -0.05) is 45.0 Å². The average molecular weight is 284 g/mol. The predicted octanol–water partition coefficient (Wildman–Crippen LogP) is 5.05. The molecule has 0 saturated heterocycles. The Balaban J connectivity index is 2.32. The second-order valence-electron chi connectivity index (χ2n) is 6.10. The maximum Gasteiger partial charge on any atom is 0.193 e. The van der Waals surface area contributed by atoms with Crippen molar-refractivity contribution in [2.45, 2.75) is 39.5 Å². The lowest BCUT2D eigenvalue weighted by Crippen LogP contribution is -2.15. The van der Waals surface area contributed by atoms with Gasteiger partial charge in [-0.15, -0.1) is 0 Å². The minimum absolute atomic E-state index is 0.0617. The van der Waals surface area contributed by atoms with Crippen molar-refractivity contribution in [1.29, 1.82) is 0 Å². The van der Waals surface area contributed by atoms with E-state index in [1.807, 2.05) is 24.3 Å². The zero-order valence-electron chi connectivity index (χ0n) is 13.0. The van der Waals surface area contributed by atoms with Gasteiger partial charge in [0.25, 0.3) is 0 Å². The van der Waals surface area contributed by atoms with E-state index in [1.165, 1.54) is 17.7 Å². The van der Waals surface area contributed by atoms with E-state index >= 15 is 0 Å². The van der Waals surface area contributed by atoms with E-state index in [4.69, 9.17) is 0 Å². The Morgan fingerprint density at radius 1 is 1.10 bits per heavy atom. The van der Waals surface area contributed by atoms with Gasteiger partial charge in [0.05, 0.1) is 0 Å². The van der Waals surface area contributed by atoms with Crippen LogP contribution in [0.3, 0.4) is 0 Å². The molecule has 0 aliphatic rings. The van der Waals surface area contributed by atoms with Gasteiger partial charge in [-0.25, -0.2) is 4.39 Å². The lowest BCUT2D eigenvalue weighted by atomic mass is 9.82. The molecule has 0 saturated carbocycles. The van der Waals surface area contributed by atoms with Crippen LogP contribution in [0.5, 0.6) is 0 Å². The predicted molar refractivity (Wildman–Crippen MR) is 84.3 cm³/mol. The number of aryl methyl sites for hydroxylation is 1. The van der Waals surface area contributed by atoms with Gasteiger partial charge in [0.1, 0.15) is 5.82 Å². The van der Waals surface area contributed by atoms with Crippen LogP contribution in [0.15, 0.2) is 42.5 Å². The van der Waals surface area contributed by atoms with Gasteiger partial charge in [0, 0.05) is 11.1 Å². The molecule has 0 radical (unpaired) electrons. The molecule has 1 nitrogen and oxygen atoms in total. The fourth-order valence-corrected chi connectivity index (χ4v) is 2.31. The van der Waals surface area contributed by atoms with Gasteiger partial charge in [-0.3, -0.25) is 4.79 Å². The van der Waals surface area contributed by atoms with Gasteiger partial charge in [0.15, 0.2) is 5.78 Å². The Kier molecular flexibility index (Phi) is 4.26. The number of carbonyl (C=O) groups is 1. The molecular formula is C19H21FO. The summed E-state index contributed by atoms with van der Waals surface area (Å²) in [6.07, 6.45) is 1.04. The van der Waals surface area contributed by atoms with Crippen LogP contribution in [0.2, 0.25) is 0 Å². The Hall–Kier alpha value is -1.96. The van der Waals surface area contributed by atoms with E-state index in [0.717, 1.165) is 6.42 Å². The monoisotopic (exact) mass is 284 g/mol. The summed E-state index contributed by atoms with van der Waals surface area (Å²) in [4.78, 5) is 12.5. The normalized spacial score (nSPS) is 11.5. The molecule has 2 aromatic rings. The third-order valence-corrected chi connectivity index (χ3v) is 4.25. The first-order valence-corrected chi connectivity index (χ1v) is 7.26. The van der Waals surface area contributed by atoms with Crippen molar-refractivity contribution < 1.29 is 9.18 Å². The minimum Gasteiger partial charge on any atom is -0.289 e. The van der Waals surface area contributed by atoms with E-state index in [1.54, 1.807) is 13.0 Å². The number of benzene rings is 2. The van der Waals surface area contributed by atoms with Crippen molar-refractivity contribution in [3.8, 4) is 0 Å². The molecule has 0 amide bonds. The summed E-state index contributed by atoms with van der Waals surface area (Å²) in [5, 5.41) is 0. The van der Waals surface area contributed by atoms with Crippen LogP contribution in [0.1, 0.15) is 54.2 Å². The number of halogens is 1. The molecule has 0 N–H and O–H groups in total. The highest BCUT2D eigenvalue weighted by atomic mass is 19.1. The standard InChI is InChI=1S/C19H21FO/c1-5-19(3,4)15-8-6-14(7-9-15)18(21)17-11-10-16(20)12-13(17)2/h6-12H,5H2,1-4H3. The number of hydrogen-bond donors (Lipinski definition) is 0. The second-order valence-corrected chi connectivity index (χ2v) is 6.10. The van der Waals surface area contributed by atoms with Crippen molar-refractivity contribution in [2.75, 3.05) is 0 Å². The van der Waals surface area contributed by atoms with Crippen LogP contribution < -0.4 is 0 Å². The molecule has 2 aromatic carbocycles. The van der Waals surface area contributed by atoms with Gasteiger partial charge in [-0.05, 0) is 48.1 Å². The summed E-state index contributed by atoms with van der Waals surface area (Å²) in [5.74, 6) is -0.377. The summed E-state index contributed by atoms with van der Waals surface area (Å²) >= 11 is 0. The molecule has 21 heavy (non-hydrogen) atoms. The van der Waals surface area contributed by atoms with Crippen molar-refractivity contribution >= 4 is 5.78 Å². The molecule has 0 fully saturated rings. The SMILES string of the molecule is CCC(C)(C)c1ccc(C(=O)c2ccc(F)cc2C)cc1. The second kappa shape index (κ2) is 5.80. The maximum atomic E-state index is 13.1. The van der Waals surface area contributed by atoms with Crippen molar-refractivity contribution in [1.82, 2.24) is 0 Å². The third kappa shape index (κ3) is 3.21. The van der Waals surface area contributed by atoms with Crippen LogP contribution in [0.25, 0.3) is 0 Å². The molecule has 0 atom stereocenters. The first-order chi connectivity index (χ1) is 9.85. The fraction of sp³-hybridized carbons (Fsp3) is 0.316. The zero-order chi connectivity index (χ0) is 15.6. The van der Waals surface area contributed by atoms with Gasteiger partial charge in [0.2, 0.25) is 0 Å². The molecule has 0 heterocycles. The van der Waals surface area contributed by atoms with Crippen molar-refractivity contribution in [3.63, 3.8) is 0 Å². The Labute approximate surface area is 125 Å². The van der Waals surface area contributed by atoms with E-state index < -0.39 is 0 Å². The number of rotatable bonds is 4. The summed E-state index contributed by atoms with van der Waals surface area (Å²) in [5.41, 5.74) is 3.18. The molecule has 0 bridgehead atoms. The quantitative estimate of drug-likeness (QED) is 0.718. The number of hydrogen-bond acceptors (Lipinski definition) is 1. The molecule has 2 rings (SSSR count). The largest absolute Gasteiger partial charge is 0.289 e. The molecule has 0 spiro atoms. The first kappa shape index (κ1) is 15.4. The average Bonchev–Trinajstić information content (AvgIpc) is 2.47. The highest BCUT2D eigenvalue weighted by Crippen LogP contribution is 2.27. The van der Waals surface area contributed by atoms with E-state index in [0.29, 0.717) is 16.7 Å². The van der Waals surface area contributed by atoms with Gasteiger partial charge < -0.3 is 0 Å². The third-order valence-electron chi connectivity index (χ3n) is 4.25. The van der Waals surface area contributed by atoms with E-state index in [-0.39, 0.29) is 17.0 Å². The molecular weight excluding hydrogens is 263 g/mol.